The molecule has 0 aromatic carbocycles. The van der Waals surface area contributed by atoms with Crippen molar-refractivity contribution < 1.29 is 0 Å². The number of rotatable bonds is 4. The van der Waals surface area contributed by atoms with Gasteiger partial charge in [-0.05, 0) is 20.9 Å². The van der Waals surface area contributed by atoms with Gasteiger partial charge in [0.05, 0.1) is 17.7 Å². The maximum absolute atomic E-state index is 5.72. The van der Waals surface area contributed by atoms with Crippen LogP contribution in [-0.2, 0) is 13.1 Å². The number of aryl methyl sites for hydroxylation is 2. The van der Waals surface area contributed by atoms with E-state index in [2.05, 4.69) is 19.9 Å². The van der Waals surface area contributed by atoms with Crippen molar-refractivity contribution in [1.82, 2.24) is 19.9 Å². The molecule has 0 unspecified atom stereocenters. The van der Waals surface area contributed by atoms with Gasteiger partial charge < -0.3 is 5.73 Å². The summed E-state index contributed by atoms with van der Waals surface area (Å²) in [4.78, 5) is 16.3. The van der Waals surface area contributed by atoms with Crippen LogP contribution in [0.3, 0.4) is 0 Å². The smallest absolute Gasteiger partial charge is 0.144 e. The molecule has 0 amide bonds. The van der Waals surface area contributed by atoms with Gasteiger partial charge in [0.2, 0.25) is 0 Å². The van der Waals surface area contributed by atoms with Crippen LogP contribution >= 0.6 is 11.3 Å². The third-order valence-electron chi connectivity index (χ3n) is 2.59. The zero-order chi connectivity index (χ0) is 13.1. The van der Waals surface area contributed by atoms with Crippen LogP contribution in [0.1, 0.15) is 22.1 Å². The maximum atomic E-state index is 5.72. The number of anilines is 1. The quantitative estimate of drug-likeness (QED) is 0.910. The highest BCUT2D eigenvalue weighted by Crippen LogP contribution is 2.15. The molecular weight excluding hydrogens is 246 g/mol. The second kappa shape index (κ2) is 5.41. The fourth-order valence-electron chi connectivity index (χ4n) is 1.75. The summed E-state index contributed by atoms with van der Waals surface area (Å²) in [7, 11) is 2.04. The van der Waals surface area contributed by atoms with Crippen LogP contribution in [0.5, 0.6) is 0 Å². The van der Waals surface area contributed by atoms with E-state index < -0.39 is 0 Å². The second-order valence-corrected chi connectivity index (χ2v) is 5.32. The highest BCUT2D eigenvalue weighted by atomic mass is 32.1. The predicted molar refractivity (Wildman–Crippen MR) is 73.2 cm³/mol. The molecule has 0 aliphatic carbocycles. The summed E-state index contributed by atoms with van der Waals surface area (Å²) in [6.07, 6.45) is 0. The van der Waals surface area contributed by atoms with E-state index in [1.165, 1.54) is 4.88 Å². The Hall–Kier alpha value is -1.53. The molecule has 0 radical (unpaired) electrons. The van der Waals surface area contributed by atoms with Crippen LogP contribution in [-0.4, -0.2) is 26.9 Å². The van der Waals surface area contributed by atoms with Gasteiger partial charge in [0.1, 0.15) is 11.6 Å². The molecule has 2 aromatic rings. The molecule has 0 spiro atoms. The molecule has 2 N–H and O–H groups in total. The Bertz CT molecular complexity index is 517. The van der Waals surface area contributed by atoms with E-state index in [9.17, 15) is 0 Å². The lowest BCUT2D eigenvalue weighted by Crippen LogP contribution is -2.19. The number of nitrogens with zero attached hydrogens (tertiary/aromatic N) is 4. The van der Waals surface area contributed by atoms with Gasteiger partial charge >= 0.3 is 0 Å². The Balaban J connectivity index is 2.03. The molecule has 96 valence electrons. The molecule has 0 bridgehead atoms. The summed E-state index contributed by atoms with van der Waals surface area (Å²) in [5, 5.41) is 0. The number of aromatic nitrogens is 3. The molecule has 0 aliphatic rings. The molecule has 0 saturated carbocycles. The van der Waals surface area contributed by atoms with E-state index in [1.807, 2.05) is 26.4 Å². The first-order valence-electron chi connectivity index (χ1n) is 5.72. The Morgan fingerprint density at radius 3 is 2.67 bits per heavy atom. The maximum Gasteiger partial charge on any atom is 0.144 e. The van der Waals surface area contributed by atoms with Crippen LogP contribution < -0.4 is 5.73 Å². The summed E-state index contributed by atoms with van der Waals surface area (Å²) < 4.78 is 0. The SMILES string of the molecule is Cc1cc(N)nc(CN(C)Cc2scnc2C)n1. The van der Waals surface area contributed by atoms with E-state index in [0.29, 0.717) is 12.4 Å². The molecule has 0 atom stereocenters. The minimum absolute atomic E-state index is 0.528. The minimum atomic E-state index is 0.528. The Labute approximate surface area is 111 Å². The molecule has 6 heteroatoms. The van der Waals surface area contributed by atoms with Crippen LogP contribution in [0.4, 0.5) is 5.82 Å². The number of nitrogen functional groups attached to an aromatic ring is 1. The van der Waals surface area contributed by atoms with Crippen molar-refractivity contribution in [1.29, 1.82) is 0 Å². The van der Waals surface area contributed by atoms with Crippen LogP contribution in [0.15, 0.2) is 11.6 Å². The molecule has 2 heterocycles. The van der Waals surface area contributed by atoms with Crippen LogP contribution in [0, 0.1) is 13.8 Å². The molecule has 18 heavy (non-hydrogen) atoms. The molecule has 2 rings (SSSR count). The minimum Gasteiger partial charge on any atom is -0.384 e. The van der Waals surface area contributed by atoms with E-state index in [1.54, 1.807) is 17.4 Å². The normalized spacial score (nSPS) is 11.1. The summed E-state index contributed by atoms with van der Waals surface area (Å²) >= 11 is 1.68. The van der Waals surface area contributed by atoms with E-state index in [4.69, 9.17) is 5.73 Å². The number of thiazole rings is 1. The lowest BCUT2D eigenvalue weighted by atomic mass is 10.3. The molecule has 2 aromatic heterocycles. The van der Waals surface area contributed by atoms with Crippen molar-refractivity contribution in [2.45, 2.75) is 26.9 Å². The fraction of sp³-hybridized carbons (Fsp3) is 0.417. The molecule has 5 nitrogen and oxygen atoms in total. The van der Waals surface area contributed by atoms with Gasteiger partial charge in [-0.15, -0.1) is 11.3 Å². The highest BCUT2D eigenvalue weighted by molar-refractivity contribution is 7.09. The number of hydrogen-bond donors (Lipinski definition) is 1. The third-order valence-corrected chi connectivity index (χ3v) is 3.51. The molecular formula is C12H17N5S. The molecule has 0 saturated heterocycles. The summed E-state index contributed by atoms with van der Waals surface area (Å²) in [6.45, 7) is 5.49. The van der Waals surface area contributed by atoms with Crippen LogP contribution in [0.2, 0.25) is 0 Å². The summed E-state index contributed by atoms with van der Waals surface area (Å²) in [5.41, 5.74) is 9.59. The van der Waals surface area contributed by atoms with Crippen molar-refractivity contribution in [2.24, 2.45) is 0 Å². The van der Waals surface area contributed by atoms with Crippen molar-refractivity contribution in [3.8, 4) is 0 Å². The molecule has 0 fully saturated rings. The Morgan fingerprint density at radius 2 is 2.06 bits per heavy atom. The van der Waals surface area contributed by atoms with E-state index >= 15 is 0 Å². The first kappa shape index (κ1) is 12.9. The molecule has 0 aliphatic heterocycles. The average Bonchev–Trinajstić information content (AvgIpc) is 2.62. The first-order chi connectivity index (χ1) is 8.54. The second-order valence-electron chi connectivity index (χ2n) is 4.38. The summed E-state index contributed by atoms with van der Waals surface area (Å²) in [5.74, 6) is 1.29. The summed E-state index contributed by atoms with van der Waals surface area (Å²) in [6, 6.07) is 1.77. The van der Waals surface area contributed by atoms with Crippen molar-refractivity contribution >= 4 is 17.2 Å². The van der Waals surface area contributed by atoms with Crippen molar-refractivity contribution in [3.05, 3.63) is 33.7 Å². The van der Waals surface area contributed by atoms with Crippen molar-refractivity contribution in [2.75, 3.05) is 12.8 Å². The lowest BCUT2D eigenvalue weighted by molar-refractivity contribution is 0.312. The fourth-order valence-corrected chi connectivity index (χ4v) is 2.60. The number of hydrogen-bond acceptors (Lipinski definition) is 6. The van der Waals surface area contributed by atoms with Gasteiger partial charge in [0, 0.05) is 23.2 Å². The van der Waals surface area contributed by atoms with Crippen molar-refractivity contribution in [3.63, 3.8) is 0 Å². The topological polar surface area (TPSA) is 67.9 Å². The van der Waals surface area contributed by atoms with Gasteiger partial charge in [-0.2, -0.15) is 0 Å². The van der Waals surface area contributed by atoms with E-state index in [0.717, 1.165) is 23.8 Å². The standard InChI is InChI=1S/C12H17N5S/c1-8-4-11(13)16-12(15-8)6-17(3)5-10-9(2)14-7-18-10/h4,7H,5-6H2,1-3H3,(H2,13,15,16). The van der Waals surface area contributed by atoms with Gasteiger partial charge in [-0.1, -0.05) is 0 Å². The zero-order valence-corrected chi connectivity index (χ0v) is 11.7. The third kappa shape index (κ3) is 3.24. The lowest BCUT2D eigenvalue weighted by Gasteiger charge is -2.15. The predicted octanol–water partition coefficient (Wildman–Crippen LogP) is 1.76. The van der Waals surface area contributed by atoms with Crippen LogP contribution in [0.25, 0.3) is 0 Å². The Morgan fingerprint density at radius 1 is 1.28 bits per heavy atom. The van der Waals surface area contributed by atoms with Gasteiger partial charge in [0.25, 0.3) is 0 Å². The van der Waals surface area contributed by atoms with E-state index in [-0.39, 0.29) is 0 Å². The largest absolute Gasteiger partial charge is 0.384 e. The number of nitrogens with two attached hydrogens (primary N) is 1. The Kier molecular flexibility index (Phi) is 3.88. The van der Waals surface area contributed by atoms with Gasteiger partial charge in [-0.3, -0.25) is 4.90 Å². The monoisotopic (exact) mass is 263 g/mol. The van der Waals surface area contributed by atoms with Gasteiger partial charge in [0.15, 0.2) is 0 Å². The zero-order valence-electron chi connectivity index (χ0n) is 10.8. The van der Waals surface area contributed by atoms with Gasteiger partial charge in [-0.25, -0.2) is 15.0 Å². The first-order valence-corrected chi connectivity index (χ1v) is 6.60. The average molecular weight is 263 g/mol. The highest BCUT2D eigenvalue weighted by Gasteiger charge is 2.08.